The number of hydrogen-bond acceptors (Lipinski definition) is 2. The minimum atomic E-state index is -0.483. The summed E-state index contributed by atoms with van der Waals surface area (Å²) in [6.45, 7) is 5.80. The van der Waals surface area contributed by atoms with Crippen molar-refractivity contribution in [2.24, 2.45) is 5.92 Å². The van der Waals surface area contributed by atoms with Crippen LogP contribution in [0.15, 0.2) is 0 Å². The van der Waals surface area contributed by atoms with Crippen molar-refractivity contribution in [1.29, 1.82) is 0 Å². The Morgan fingerprint density at radius 3 is 2.09 bits per heavy atom. The lowest BCUT2D eigenvalue weighted by Gasteiger charge is -2.23. The van der Waals surface area contributed by atoms with Gasteiger partial charge in [0.15, 0.2) is 0 Å². The van der Waals surface area contributed by atoms with Crippen molar-refractivity contribution in [2.75, 3.05) is 13.1 Å². The standard InChI is InChI=1S/C7H15NO.2ClH/c1-7(2,9)6-3-4-8-5-6;;/h6,8-9H,3-5H2,1-2H3;2*1H. The average molecular weight is 202 g/mol. The second kappa shape index (κ2) is 5.20. The topological polar surface area (TPSA) is 32.3 Å². The van der Waals surface area contributed by atoms with Gasteiger partial charge in [0.05, 0.1) is 5.60 Å². The van der Waals surface area contributed by atoms with Crippen molar-refractivity contribution in [3.63, 3.8) is 0 Å². The summed E-state index contributed by atoms with van der Waals surface area (Å²) in [7, 11) is 0. The van der Waals surface area contributed by atoms with Gasteiger partial charge in [0.2, 0.25) is 0 Å². The molecule has 70 valence electrons. The molecule has 0 bridgehead atoms. The van der Waals surface area contributed by atoms with Crippen LogP contribution in [0.4, 0.5) is 0 Å². The summed E-state index contributed by atoms with van der Waals surface area (Å²) in [6, 6.07) is 0. The van der Waals surface area contributed by atoms with Gasteiger partial charge in [-0.25, -0.2) is 0 Å². The number of aliphatic hydroxyl groups is 1. The van der Waals surface area contributed by atoms with E-state index in [2.05, 4.69) is 5.32 Å². The van der Waals surface area contributed by atoms with Crippen LogP contribution in [0.5, 0.6) is 0 Å². The number of hydrogen-bond donors (Lipinski definition) is 2. The number of nitrogens with one attached hydrogen (secondary N) is 1. The summed E-state index contributed by atoms with van der Waals surface area (Å²) in [5.74, 6) is 0.456. The van der Waals surface area contributed by atoms with E-state index in [1.807, 2.05) is 13.8 Å². The van der Waals surface area contributed by atoms with Gasteiger partial charge >= 0.3 is 0 Å². The number of halogens is 2. The molecule has 0 aromatic rings. The van der Waals surface area contributed by atoms with Gasteiger partial charge in [-0.2, -0.15) is 0 Å². The zero-order valence-corrected chi connectivity index (χ0v) is 8.60. The Labute approximate surface area is 80.6 Å². The third-order valence-corrected chi connectivity index (χ3v) is 2.06. The molecule has 0 amide bonds. The Kier molecular flexibility index (Phi) is 6.64. The smallest absolute Gasteiger partial charge is 0.0632 e. The molecular formula is C7H17Cl2NO. The highest BCUT2D eigenvalue weighted by atomic mass is 35.5. The molecule has 1 aliphatic heterocycles. The molecule has 4 heteroatoms. The first-order valence-corrected chi connectivity index (χ1v) is 3.54. The van der Waals surface area contributed by atoms with E-state index in [4.69, 9.17) is 0 Å². The van der Waals surface area contributed by atoms with Gasteiger partial charge in [-0.05, 0) is 26.8 Å². The van der Waals surface area contributed by atoms with E-state index < -0.39 is 5.60 Å². The highest BCUT2D eigenvalue weighted by molar-refractivity contribution is 5.85. The quantitative estimate of drug-likeness (QED) is 0.669. The van der Waals surface area contributed by atoms with Crippen LogP contribution in [-0.2, 0) is 0 Å². The zero-order chi connectivity index (χ0) is 6.91. The molecule has 11 heavy (non-hydrogen) atoms. The maximum absolute atomic E-state index is 9.48. The first-order chi connectivity index (χ1) is 4.11. The summed E-state index contributed by atoms with van der Waals surface area (Å²) in [5.41, 5.74) is -0.483. The van der Waals surface area contributed by atoms with Crippen LogP contribution in [0, 0.1) is 5.92 Å². The van der Waals surface area contributed by atoms with E-state index in [0.29, 0.717) is 5.92 Å². The third kappa shape index (κ3) is 4.16. The minimum Gasteiger partial charge on any atom is -0.390 e. The minimum absolute atomic E-state index is 0. The molecule has 1 atom stereocenters. The maximum atomic E-state index is 9.48. The lowest BCUT2D eigenvalue weighted by Crippen LogP contribution is -2.32. The molecule has 0 aliphatic carbocycles. The predicted octanol–water partition coefficient (Wildman–Crippen LogP) is 1.21. The van der Waals surface area contributed by atoms with Gasteiger partial charge in [0.25, 0.3) is 0 Å². The summed E-state index contributed by atoms with van der Waals surface area (Å²) < 4.78 is 0. The van der Waals surface area contributed by atoms with Crippen LogP contribution in [-0.4, -0.2) is 23.8 Å². The van der Waals surface area contributed by atoms with Gasteiger partial charge < -0.3 is 10.4 Å². The Morgan fingerprint density at radius 2 is 1.91 bits per heavy atom. The monoisotopic (exact) mass is 201 g/mol. The van der Waals surface area contributed by atoms with Gasteiger partial charge in [-0.3, -0.25) is 0 Å². The van der Waals surface area contributed by atoms with Gasteiger partial charge in [0, 0.05) is 12.5 Å². The molecule has 0 spiro atoms. The molecular weight excluding hydrogens is 185 g/mol. The summed E-state index contributed by atoms with van der Waals surface area (Å²) >= 11 is 0. The fourth-order valence-electron chi connectivity index (χ4n) is 1.26. The van der Waals surface area contributed by atoms with Crippen LogP contribution in [0.3, 0.4) is 0 Å². The van der Waals surface area contributed by atoms with E-state index in [0.717, 1.165) is 19.5 Å². The molecule has 1 rings (SSSR count). The van der Waals surface area contributed by atoms with Crippen LogP contribution in [0.1, 0.15) is 20.3 Å². The summed E-state index contributed by atoms with van der Waals surface area (Å²) in [5, 5.41) is 12.7. The molecule has 1 heterocycles. The lowest BCUT2D eigenvalue weighted by molar-refractivity contribution is 0.0256. The van der Waals surface area contributed by atoms with E-state index in [9.17, 15) is 5.11 Å². The molecule has 0 saturated carbocycles. The van der Waals surface area contributed by atoms with E-state index in [-0.39, 0.29) is 24.8 Å². The van der Waals surface area contributed by atoms with Gasteiger partial charge in [0.1, 0.15) is 0 Å². The molecule has 1 aliphatic rings. The Balaban J connectivity index is 0. The Morgan fingerprint density at radius 1 is 1.36 bits per heavy atom. The molecule has 0 radical (unpaired) electrons. The van der Waals surface area contributed by atoms with Crippen LogP contribution in [0.2, 0.25) is 0 Å². The predicted molar refractivity (Wildman–Crippen MR) is 51.8 cm³/mol. The van der Waals surface area contributed by atoms with Crippen molar-refractivity contribution >= 4 is 24.8 Å². The fourth-order valence-corrected chi connectivity index (χ4v) is 1.26. The van der Waals surface area contributed by atoms with Crippen molar-refractivity contribution in [1.82, 2.24) is 5.32 Å². The first-order valence-electron chi connectivity index (χ1n) is 3.54. The van der Waals surface area contributed by atoms with E-state index in [1.54, 1.807) is 0 Å². The molecule has 2 nitrogen and oxygen atoms in total. The second-order valence-electron chi connectivity index (χ2n) is 3.34. The molecule has 1 unspecified atom stereocenters. The maximum Gasteiger partial charge on any atom is 0.0632 e. The van der Waals surface area contributed by atoms with Crippen molar-refractivity contribution < 1.29 is 5.11 Å². The second-order valence-corrected chi connectivity index (χ2v) is 3.34. The van der Waals surface area contributed by atoms with Crippen LogP contribution in [0.25, 0.3) is 0 Å². The van der Waals surface area contributed by atoms with Crippen LogP contribution >= 0.6 is 24.8 Å². The van der Waals surface area contributed by atoms with E-state index >= 15 is 0 Å². The number of rotatable bonds is 1. The fraction of sp³-hybridized carbons (Fsp3) is 1.00. The van der Waals surface area contributed by atoms with Crippen molar-refractivity contribution in [2.45, 2.75) is 25.9 Å². The molecule has 0 aromatic heterocycles. The third-order valence-electron chi connectivity index (χ3n) is 2.06. The Hall–Kier alpha value is 0.500. The molecule has 2 N–H and O–H groups in total. The SMILES string of the molecule is CC(C)(O)C1CCNC1.Cl.Cl. The van der Waals surface area contributed by atoms with Gasteiger partial charge in [-0.15, -0.1) is 24.8 Å². The van der Waals surface area contributed by atoms with Crippen molar-refractivity contribution in [3.8, 4) is 0 Å². The first kappa shape index (κ1) is 14.0. The summed E-state index contributed by atoms with van der Waals surface area (Å²) in [4.78, 5) is 0. The van der Waals surface area contributed by atoms with Gasteiger partial charge in [-0.1, -0.05) is 0 Å². The highest BCUT2D eigenvalue weighted by Gasteiger charge is 2.28. The van der Waals surface area contributed by atoms with E-state index in [1.165, 1.54) is 0 Å². The zero-order valence-electron chi connectivity index (χ0n) is 6.96. The molecule has 0 aromatic carbocycles. The summed E-state index contributed by atoms with van der Waals surface area (Å²) in [6.07, 6.45) is 1.11. The average Bonchev–Trinajstić information content (AvgIpc) is 2.08. The molecule has 1 fully saturated rings. The van der Waals surface area contributed by atoms with Crippen LogP contribution < -0.4 is 5.32 Å². The molecule has 1 saturated heterocycles. The Bertz CT molecular complexity index is 97.1. The lowest BCUT2D eigenvalue weighted by atomic mass is 9.91. The highest BCUT2D eigenvalue weighted by Crippen LogP contribution is 2.21. The van der Waals surface area contributed by atoms with Crippen molar-refractivity contribution in [3.05, 3.63) is 0 Å². The normalized spacial score (nSPS) is 23.7. The largest absolute Gasteiger partial charge is 0.390 e.